The first-order valence-corrected chi connectivity index (χ1v) is 13.5. The molecule has 3 N–H and O–H groups in total. The number of fused-ring (bicyclic) bond motifs is 5. The standard InChI is InChI=1S/C28H49NO3/c1-18(2)8-7-9-19(3)23-16-24(29-32)27(6)21-11-13-25(4)17-20(30)10-15-28(25,31)22(21)12-14-26(23,27)5/h18-23,30-32H,7-17H2,1-6H3/b29-24+/t19-,20+,21-,22+,23-,25+,26-,27-,28+/m1/s1. The van der Waals surface area contributed by atoms with E-state index < -0.39 is 5.60 Å². The Bertz CT molecular complexity index is 736. The minimum absolute atomic E-state index is 0.116. The van der Waals surface area contributed by atoms with Gasteiger partial charge in [0.2, 0.25) is 0 Å². The molecule has 32 heavy (non-hydrogen) atoms. The van der Waals surface area contributed by atoms with E-state index in [0.29, 0.717) is 30.6 Å². The highest BCUT2D eigenvalue weighted by Crippen LogP contribution is 2.72. The lowest BCUT2D eigenvalue weighted by atomic mass is 9.40. The van der Waals surface area contributed by atoms with E-state index >= 15 is 0 Å². The molecular formula is C28H49NO3. The lowest BCUT2D eigenvalue weighted by Gasteiger charge is -2.66. The first-order valence-electron chi connectivity index (χ1n) is 13.5. The van der Waals surface area contributed by atoms with Crippen LogP contribution in [0.25, 0.3) is 0 Å². The van der Waals surface area contributed by atoms with E-state index in [4.69, 9.17) is 0 Å². The summed E-state index contributed by atoms with van der Waals surface area (Å²) in [6.07, 6.45) is 10.8. The van der Waals surface area contributed by atoms with Gasteiger partial charge in [0, 0.05) is 5.41 Å². The van der Waals surface area contributed by atoms with E-state index in [1.54, 1.807) is 0 Å². The fourth-order valence-electron chi connectivity index (χ4n) is 9.50. The summed E-state index contributed by atoms with van der Waals surface area (Å²) in [6.45, 7) is 14.1. The van der Waals surface area contributed by atoms with Crippen molar-refractivity contribution in [3.8, 4) is 0 Å². The molecule has 0 aliphatic heterocycles. The second kappa shape index (κ2) is 8.26. The first-order chi connectivity index (χ1) is 14.9. The summed E-state index contributed by atoms with van der Waals surface area (Å²) in [6, 6.07) is 0. The van der Waals surface area contributed by atoms with Crippen LogP contribution in [-0.4, -0.2) is 32.8 Å². The largest absolute Gasteiger partial charge is 0.411 e. The Balaban J connectivity index is 1.64. The topological polar surface area (TPSA) is 73.1 Å². The summed E-state index contributed by atoms with van der Waals surface area (Å²) in [5.41, 5.74) is 0.0498. The van der Waals surface area contributed by atoms with Gasteiger partial charge in [-0.25, -0.2) is 0 Å². The monoisotopic (exact) mass is 447 g/mol. The van der Waals surface area contributed by atoms with Crippen LogP contribution in [0.2, 0.25) is 0 Å². The second-order valence-corrected chi connectivity index (χ2v) is 13.5. The van der Waals surface area contributed by atoms with Gasteiger partial charge in [-0.1, -0.05) is 66.0 Å². The number of oxime groups is 1. The molecule has 0 radical (unpaired) electrons. The van der Waals surface area contributed by atoms with Gasteiger partial charge in [-0.3, -0.25) is 0 Å². The summed E-state index contributed by atoms with van der Waals surface area (Å²) in [5.74, 6) is 2.51. The summed E-state index contributed by atoms with van der Waals surface area (Å²) < 4.78 is 0. The summed E-state index contributed by atoms with van der Waals surface area (Å²) >= 11 is 0. The van der Waals surface area contributed by atoms with E-state index in [9.17, 15) is 15.4 Å². The van der Waals surface area contributed by atoms with Gasteiger partial charge in [0.25, 0.3) is 0 Å². The van der Waals surface area contributed by atoms with Gasteiger partial charge in [-0.15, -0.1) is 0 Å². The van der Waals surface area contributed by atoms with Crippen LogP contribution in [0.3, 0.4) is 0 Å². The van der Waals surface area contributed by atoms with E-state index in [1.807, 2.05) is 0 Å². The van der Waals surface area contributed by atoms with E-state index in [1.165, 1.54) is 19.3 Å². The van der Waals surface area contributed by atoms with Gasteiger partial charge >= 0.3 is 0 Å². The van der Waals surface area contributed by atoms with Crippen molar-refractivity contribution in [3.63, 3.8) is 0 Å². The Morgan fingerprint density at radius 2 is 1.66 bits per heavy atom. The highest BCUT2D eigenvalue weighted by molar-refractivity contribution is 5.93. The molecule has 4 fully saturated rings. The predicted octanol–water partition coefficient (Wildman–Crippen LogP) is 6.41. The van der Waals surface area contributed by atoms with Crippen molar-refractivity contribution in [2.45, 2.75) is 124 Å². The molecule has 184 valence electrons. The van der Waals surface area contributed by atoms with Crippen molar-refractivity contribution in [3.05, 3.63) is 0 Å². The molecule has 0 amide bonds. The SMILES string of the molecule is CC(C)CCC[C@@H](C)[C@H]1C/C(=N\O)[C@@]2(C)[C@@H]3CC[C@@]4(C)C[C@@H](O)CC[C@]4(O)[C@H]3CC[C@]12C. The molecule has 4 heteroatoms. The number of nitrogens with zero attached hydrogens (tertiary/aromatic N) is 1. The molecule has 0 aromatic heterocycles. The third kappa shape index (κ3) is 3.33. The van der Waals surface area contributed by atoms with Gasteiger partial charge in [-0.05, 0) is 91.8 Å². The predicted molar refractivity (Wildman–Crippen MR) is 130 cm³/mol. The Kier molecular flexibility index (Phi) is 6.32. The minimum Gasteiger partial charge on any atom is -0.411 e. The molecule has 4 aliphatic rings. The Hall–Kier alpha value is -0.610. The highest BCUT2D eigenvalue weighted by Gasteiger charge is 2.71. The van der Waals surface area contributed by atoms with Gasteiger partial charge in [0.05, 0.1) is 17.4 Å². The van der Waals surface area contributed by atoms with Crippen LogP contribution in [0.15, 0.2) is 5.16 Å². The molecule has 4 aliphatic carbocycles. The quantitative estimate of drug-likeness (QED) is 0.336. The van der Waals surface area contributed by atoms with Crippen LogP contribution in [0.1, 0.15) is 112 Å². The van der Waals surface area contributed by atoms with Crippen LogP contribution in [0.5, 0.6) is 0 Å². The smallest absolute Gasteiger partial charge is 0.0733 e. The van der Waals surface area contributed by atoms with Crippen LogP contribution in [0, 0.1) is 45.8 Å². The Labute approximate surface area is 196 Å². The molecule has 4 saturated carbocycles. The average molecular weight is 448 g/mol. The zero-order chi connectivity index (χ0) is 23.5. The maximum absolute atomic E-state index is 12.2. The first kappa shape index (κ1) is 24.5. The average Bonchev–Trinajstić information content (AvgIpc) is 2.96. The van der Waals surface area contributed by atoms with Crippen LogP contribution >= 0.6 is 0 Å². The number of hydrogen-bond donors (Lipinski definition) is 3. The van der Waals surface area contributed by atoms with E-state index in [0.717, 1.165) is 50.2 Å². The summed E-state index contributed by atoms with van der Waals surface area (Å²) in [7, 11) is 0. The minimum atomic E-state index is -0.707. The van der Waals surface area contributed by atoms with E-state index in [2.05, 4.69) is 46.7 Å². The molecule has 0 heterocycles. The van der Waals surface area contributed by atoms with Crippen molar-refractivity contribution < 1.29 is 15.4 Å². The molecule has 0 unspecified atom stereocenters. The van der Waals surface area contributed by atoms with Gasteiger partial charge < -0.3 is 15.4 Å². The highest BCUT2D eigenvalue weighted by atomic mass is 16.4. The fraction of sp³-hybridized carbons (Fsp3) is 0.964. The summed E-state index contributed by atoms with van der Waals surface area (Å²) in [5, 5.41) is 36.7. The fourth-order valence-corrected chi connectivity index (χ4v) is 9.50. The Morgan fingerprint density at radius 3 is 2.31 bits per heavy atom. The third-order valence-electron chi connectivity index (χ3n) is 11.7. The van der Waals surface area contributed by atoms with Crippen LogP contribution in [0.4, 0.5) is 0 Å². The summed E-state index contributed by atoms with van der Waals surface area (Å²) in [4.78, 5) is 0. The van der Waals surface area contributed by atoms with Crippen LogP contribution < -0.4 is 0 Å². The van der Waals surface area contributed by atoms with E-state index in [-0.39, 0.29) is 28.3 Å². The molecular weight excluding hydrogens is 398 g/mol. The maximum atomic E-state index is 12.2. The number of rotatable bonds is 5. The van der Waals surface area contributed by atoms with Crippen molar-refractivity contribution in [2.24, 2.45) is 51.0 Å². The van der Waals surface area contributed by atoms with Crippen molar-refractivity contribution in [2.75, 3.05) is 0 Å². The van der Waals surface area contributed by atoms with Crippen molar-refractivity contribution >= 4 is 5.71 Å². The van der Waals surface area contributed by atoms with Crippen molar-refractivity contribution in [1.82, 2.24) is 0 Å². The second-order valence-electron chi connectivity index (χ2n) is 13.5. The molecule has 0 aromatic carbocycles. The molecule has 0 bridgehead atoms. The van der Waals surface area contributed by atoms with Crippen molar-refractivity contribution in [1.29, 1.82) is 0 Å². The number of aliphatic hydroxyl groups is 2. The normalized spacial score (nSPS) is 50.7. The molecule has 4 rings (SSSR count). The zero-order valence-electron chi connectivity index (χ0n) is 21.5. The maximum Gasteiger partial charge on any atom is 0.0733 e. The molecule has 9 atom stereocenters. The molecule has 0 saturated heterocycles. The van der Waals surface area contributed by atoms with Crippen LogP contribution in [-0.2, 0) is 0 Å². The van der Waals surface area contributed by atoms with Gasteiger partial charge in [-0.2, -0.15) is 0 Å². The number of aliphatic hydroxyl groups excluding tert-OH is 1. The van der Waals surface area contributed by atoms with Gasteiger partial charge in [0.1, 0.15) is 0 Å². The zero-order valence-corrected chi connectivity index (χ0v) is 21.5. The molecule has 0 aromatic rings. The molecule has 0 spiro atoms. The lowest BCUT2D eigenvalue weighted by molar-refractivity contribution is -0.236. The molecule has 4 nitrogen and oxygen atoms in total. The van der Waals surface area contributed by atoms with Gasteiger partial charge in [0.15, 0.2) is 0 Å². The number of hydrogen-bond acceptors (Lipinski definition) is 4. The Morgan fingerprint density at radius 1 is 0.969 bits per heavy atom. The third-order valence-corrected chi connectivity index (χ3v) is 11.7. The lowest BCUT2D eigenvalue weighted by Crippen LogP contribution is -2.66.